The summed E-state index contributed by atoms with van der Waals surface area (Å²) >= 11 is 9.47. The minimum absolute atomic E-state index is 0.116. The Labute approximate surface area is 180 Å². The highest BCUT2D eigenvalue weighted by molar-refractivity contribution is 9.10. The van der Waals surface area contributed by atoms with Gasteiger partial charge in [-0.15, -0.1) is 0 Å². The first-order valence-electron chi connectivity index (χ1n) is 9.28. The molecule has 3 aliphatic rings. The Hall–Kier alpha value is -2.19. The fourth-order valence-corrected chi connectivity index (χ4v) is 5.23. The first-order valence-corrected chi connectivity index (χ1v) is 10.5. The van der Waals surface area contributed by atoms with E-state index >= 15 is 0 Å². The molecule has 1 aromatic carbocycles. The lowest BCUT2D eigenvalue weighted by molar-refractivity contribution is -0.145. The Bertz CT molecular complexity index is 917. The first kappa shape index (κ1) is 20.1. The minimum Gasteiger partial charge on any atom is -0.480 e. The third-order valence-corrected chi connectivity index (χ3v) is 6.24. The lowest BCUT2D eigenvalue weighted by Gasteiger charge is -2.13. The topological polar surface area (TPSA) is 85.3 Å². The van der Waals surface area contributed by atoms with Crippen molar-refractivity contribution in [1.82, 2.24) is 5.01 Å². The average molecular weight is 482 g/mol. The largest absolute Gasteiger partial charge is 0.480 e. The van der Waals surface area contributed by atoms with Crippen LogP contribution in [-0.4, -0.2) is 42.2 Å². The van der Waals surface area contributed by atoms with Gasteiger partial charge >= 0.3 is 5.97 Å². The highest BCUT2D eigenvalue weighted by Crippen LogP contribution is 2.52. The van der Waals surface area contributed by atoms with Crippen LogP contribution >= 0.6 is 27.5 Å². The number of carbonyl (C=O) groups excluding carboxylic acids is 3. The van der Waals surface area contributed by atoms with Gasteiger partial charge in [0.15, 0.2) is 6.61 Å². The number of hydrogen-bond acceptors (Lipinski definition) is 6. The fraction of sp³-hybridized carbons (Fsp3) is 0.400. The van der Waals surface area contributed by atoms with Crippen LogP contribution in [0.15, 0.2) is 33.9 Å². The maximum Gasteiger partial charge on any atom is 0.344 e. The maximum atomic E-state index is 12.7. The van der Waals surface area contributed by atoms with Crippen molar-refractivity contribution in [3.8, 4) is 5.75 Å². The number of halogens is 2. The number of fused-ring (bicyclic) bond motifs is 5. The van der Waals surface area contributed by atoms with Gasteiger partial charge in [0.05, 0.1) is 29.1 Å². The first-order chi connectivity index (χ1) is 13.9. The smallest absolute Gasteiger partial charge is 0.344 e. The van der Waals surface area contributed by atoms with E-state index in [1.54, 1.807) is 19.1 Å². The zero-order chi connectivity index (χ0) is 20.7. The van der Waals surface area contributed by atoms with Crippen LogP contribution in [0, 0.1) is 23.7 Å². The normalized spacial score (nSPS) is 27.2. The van der Waals surface area contributed by atoms with Gasteiger partial charge in [-0.3, -0.25) is 9.59 Å². The summed E-state index contributed by atoms with van der Waals surface area (Å²) in [7, 11) is 0. The van der Waals surface area contributed by atoms with Gasteiger partial charge in [-0.1, -0.05) is 23.8 Å². The second kappa shape index (κ2) is 7.91. The summed E-state index contributed by atoms with van der Waals surface area (Å²) in [5.41, 5.74) is 0.424. The molecule has 0 N–H and O–H groups in total. The zero-order valence-electron chi connectivity index (χ0n) is 15.5. The van der Waals surface area contributed by atoms with Gasteiger partial charge in [0.2, 0.25) is 0 Å². The number of hydrazone groups is 1. The predicted octanol–water partition coefficient (Wildman–Crippen LogP) is 3.19. The molecule has 1 aromatic rings. The van der Waals surface area contributed by atoms with Crippen molar-refractivity contribution in [1.29, 1.82) is 0 Å². The molecule has 2 bridgehead atoms. The predicted molar refractivity (Wildman–Crippen MR) is 108 cm³/mol. The van der Waals surface area contributed by atoms with Crippen molar-refractivity contribution in [2.24, 2.45) is 28.8 Å². The Kier molecular flexibility index (Phi) is 5.48. The highest BCUT2D eigenvalue weighted by atomic mass is 79.9. The molecule has 7 nitrogen and oxygen atoms in total. The van der Waals surface area contributed by atoms with Gasteiger partial charge in [0.25, 0.3) is 11.8 Å². The zero-order valence-corrected chi connectivity index (χ0v) is 17.9. The summed E-state index contributed by atoms with van der Waals surface area (Å²) in [6.07, 6.45) is 6.26. The van der Waals surface area contributed by atoms with Gasteiger partial charge in [0.1, 0.15) is 5.75 Å². The summed E-state index contributed by atoms with van der Waals surface area (Å²) < 4.78 is 10.9. The number of rotatable bonds is 6. The number of ether oxygens (including phenoxy) is 2. The Morgan fingerprint density at radius 1 is 1.28 bits per heavy atom. The van der Waals surface area contributed by atoms with E-state index in [4.69, 9.17) is 21.1 Å². The second-order valence-electron chi connectivity index (χ2n) is 7.13. The van der Waals surface area contributed by atoms with Crippen LogP contribution in [0.4, 0.5) is 0 Å². The molecule has 0 aromatic heterocycles. The SMILES string of the molecule is CCOC(=O)COc1c(Br)cc(Cl)cc1C=NN1C(=O)C2C3C=CC(C3)C2C1=O. The van der Waals surface area contributed by atoms with Gasteiger partial charge in [0, 0.05) is 10.6 Å². The van der Waals surface area contributed by atoms with Crippen molar-refractivity contribution in [2.45, 2.75) is 13.3 Å². The molecule has 2 amide bonds. The van der Waals surface area contributed by atoms with E-state index in [1.807, 2.05) is 12.2 Å². The van der Waals surface area contributed by atoms with E-state index in [1.165, 1.54) is 6.21 Å². The van der Waals surface area contributed by atoms with E-state index in [2.05, 4.69) is 21.0 Å². The number of amides is 2. The van der Waals surface area contributed by atoms with E-state index in [9.17, 15) is 14.4 Å². The molecule has 152 valence electrons. The van der Waals surface area contributed by atoms with Crippen LogP contribution < -0.4 is 4.74 Å². The average Bonchev–Trinajstić information content (AvgIpc) is 3.34. The molecule has 9 heteroatoms. The number of allylic oxidation sites excluding steroid dienone is 2. The second-order valence-corrected chi connectivity index (χ2v) is 8.42. The molecule has 0 spiro atoms. The van der Waals surface area contributed by atoms with Crippen molar-refractivity contribution >= 4 is 51.5 Å². The highest BCUT2D eigenvalue weighted by Gasteiger charge is 2.59. The van der Waals surface area contributed by atoms with Crippen LogP contribution in [0.25, 0.3) is 0 Å². The molecule has 29 heavy (non-hydrogen) atoms. The third-order valence-electron chi connectivity index (χ3n) is 5.44. The van der Waals surface area contributed by atoms with E-state index in [0.29, 0.717) is 20.8 Å². The van der Waals surface area contributed by atoms with Crippen LogP contribution in [0.2, 0.25) is 5.02 Å². The molecule has 1 heterocycles. The summed E-state index contributed by atoms with van der Waals surface area (Å²) in [6, 6.07) is 3.19. The van der Waals surface area contributed by atoms with Crippen molar-refractivity contribution in [3.05, 3.63) is 39.3 Å². The number of nitrogens with zero attached hydrogens (tertiary/aromatic N) is 2. The lowest BCUT2D eigenvalue weighted by Crippen LogP contribution is -2.28. The van der Waals surface area contributed by atoms with Crippen molar-refractivity contribution < 1.29 is 23.9 Å². The van der Waals surface area contributed by atoms with Crippen LogP contribution in [0.5, 0.6) is 5.75 Å². The number of carbonyl (C=O) groups is 3. The lowest BCUT2D eigenvalue weighted by atomic mass is 9.85. The summed E-state index contributed by atoms with van der Waals surface area (Å²) in [4.78, 5) is 37.1. The number of hydrogen-bond donors (Lipinski definition) is 0. The number of imide groups is 1. The summed E-state index contributed by atoms with van der Waals surface area (Å²) in [5.74, 6) is -1.16. The maximum absolute atomic E-state index is 12.7. The van der Waals surface area contributed by atoms with Crippen LogP contribution in [-0.2, 0) is 19.1 Å². The standard InChI is InChI=1S/C20H18BrClN2O5/c1-2-28-15(25)9-29-18-12(6-13(22)7-14(18)21)8-23-24-19(26)16-10-3-4-11(5-10)17(16)20(24)27/h3-4,6-8,10-11,16-17H,2,5,9H2,1H3. The minimum atomic E-state index is -0.516. The molecule has 1 saturated carbocycles. The molecule has 0 radical (unpaired) electrons. The Balaban J connectivity index is 1.56. The molecule has 4 unspecified atom stereocenters. The van der Waals surface area contributed by atoms with Crippen molar-refractivity contribution in [2.75, 3.05) is 13.2 Å². The molecule has 2 fully saturated rings. The van der Waals surface area contributed by atoms with E-state index in [-0.39, 0.29) is 48.7 Å². The van der Waals surface area contributed by atoms with Crippen molar-refractivity contribution in [3.63, 3.8) is 0 Å². The Morgan fingerprint density at radius 3 is 2.55 bits per heavy atom. The van der Waals surface area contributed by atoms with Gasteiger partial charge < -0.3 is 9.47 Å². The Morgan fingerprint density at radius 2 is 1.93 bits per heavy atom. The molecular formula is C20H18BrClN2O5. The molecule has 2 aliphatic carbocycles. The summed E-state index contributed by atoms with van der Waals surface area (Å²) in [5, 5.41) is 5.50. The van der Waals surface area contributed by atoms with Gasteiger partial charge in [-0.2, -0.15) is 10.1 Å². The number of benzene rings is 1. The van der Waals surface area contributed by atoms with Crippen LogP contribution in [0.3, 0.4) is 0 Å². The summed E-state index contributed by atoms with van der Waals surface area (Å²) in [6.45, 7) is 1.65. The molecule has 1 saturated heterocycles. The monoisotopic (exact) mass is 480 g/mol. The van der Waals surface area contributed by atoms with Gasteiger partial charge in [-0.25, -0.2) is 4.79 Å². The molecular weight excluding hydrogens is 464 g/mol. The molecule has 1 aliphatic heterocycles. The quantitative estimate of drug-likeness (QED) is 0.270. The third kappa shape index (κ3) is 3.59. The van der Waals surface area contributed by atoms with Crippen LogP contribution in [0.1, 0.15) is 18.9 Å². The molecule has 4 rings (SSSR count). The number of esters is 1. The van der Waals surface area contributed by atoms with E-state index in [0.717, 1.165) is 11.4 Å². The fourth-order valence-electron chi connectivity index (χ4n) is 4.28. The van der Waals surface area contributed by atoms with E-state index < -0.39 is 5.97 Å². The molecule has 4 atom stereocenters. The van der Waals surface area contributed by atoms with Gasteiger partial charge in [-0.05, 0) is 53.2 Å².